The molecule has 2 amide bonds. The van der Waals surface area contributed by atoms with E-state index >= 15 is 0 Å². The van der Waals surface area contributed by atoms with E-state index in [0.717, 1.165) is 11.3 Å². The summed E-state index contributed by atoms with van der Waals surface area (Å²) in [5.74, 6) is 0.0867. The van der Waals surface area contributed by atoms with Gasteiger partial charge >= 0.3 is 0 Å². The first-order valence-electron chi connectivity index (χ1n) is 7.98. The van der Waals surface area contributed by atoms with Crippen molar-refractivity contribution < 1.29 is 9.59 Å². The van der Waals surface area contributed by atoms with E-state index in [1.807, 2.05) is 31.3 Å². The van der Waals surface area contributed by atoms with Gasteiger partial charge in [0.15, 0.2) is 6.33 Å². The predicted octanol–water partition coefficient (Wildman–Crippen LogP) is 0.210. The molecule has 1 fully saturated rings. The van der Waals surface area contributed by atoms with E-state index in [1.165, 1.54) is 11.1 Å². The third-order valence-electron chi connectivity index (χ3n) is 5.13. The maximum absolute atomic E-state index is 12.9. The second-order valence-corrected chi connectivity index (χ2v) is 6.31. The number of piperidine rings is 1. The summed E-state index contributed by atoms with van der Waals surface area (Å²) in [6.45, 7) is 1.19. The smallest absolute Gasteiger partial charge is 0.246 e. The van der Waals surface area contributed by atoms with E-state index in [4.69, 9.17) is 0 Å². The maximum Gasteiger partial charge on any atom is 0.246 e. The second kappa shape index (κ2) is 5.40. The number of fused-ring (bicyclic) bond motifs is 2. The molecule has 2 aromatic rings. The minimum absolute atomic E-state index is 0.0464. The lowest BCUT2D eigenvalue weighted by Gasteiger charge is -2.38. The summed E-state index contributed by atoms with van der Waals surface area (Å²) in [6, 6.07) is 7.94. The molecule has 0 bridgehead atoms. The Hall–Kier alpha value is -2.77. The Morgan fingerprint density at radius 2 is 2.00 bits per heavy atom. The first-order valence-corrected chi connectivity index (χ1v) is 7.98. The lowest BCUT2D eigenvalue weighted by atomic mass is 9.73. The van der Waals surface area contributed by atoms with Crippen molar-refractivity contribution in [3.63, 3.8) is 0 Å². The summed E-state index contributed by atoms with van der Waals surface area (Å²) in [5.41, 5.74) is 1.57. The molecular weight excluding hydrogens is 308 g/mol. The average molecular weight is 326 g/mol. The molecular formula is C16H18N6O2. The van der Waals surface area contributed by atoms with Gasteiger partial charge in [-0.2, -0.15) is 4.80 Å². The van der Waals surface area contributed by atoms with E-state index in [-0.39, 0.29) is 18.4 Å². The number of hydrogen-bond acceptors (Lipinski definition) is 5. The number of rotatable bonds is 2. The molecule has 0 N–H and O–H groups in total. The van der Waals surface area contributed by atoms with Gasteiger partial charge < -0.3 is 9.80 Å². The fraction of sp³-hybridized carbons (Fsp3) is 0.438. The number of carbonyl (C=O) groups excluding carboxylic acids is 2. The zero-order valence-corrected chi connectivity index (χ0v) is 13.4. The summed E-state index contributed by atoms with van der Waals surface area (Å²) in [4.78, 5) is 30.0. The molecule has 1 spiro atoms. The Morgan fingerprint density at radius 1 is 1.25 bits per heavy atom. The molecule has 1 saturated heterocycles. The monoisotopic (exact) mass is 326 g/mol. The second-order valence-electron chi connectivity index (χ2n) is 6.31. The molecule has 2 aliphatic rings. The number of likely N-dealkylation sites (N-methyl/N-ethyl adjacent to an activating group) is 1. The third-order valence-corrected chi connectivity index (χ3v) is 5.13. The van der Waals surface area contributed by atoms with Gasteiger partial charge in [0.2, 0.25) is 11.8 Å². The van der Waals surface area contributed by atoms with E-state index in [1.54, 1.807) is 9.80 Å². The predicted molar refractivity (Wildman–Crippen MR) is 85.2 cm³/mol. The van der Waals surface area contributed by atoms with Crippen molar-refractivity contribution in [2.45, 2.75) is 24.8 Å². The molecule has 0 atom stereocenters. The van der Waals surface area contributed by atoms with Crippen LogP contribution in [0.3, 0.4) is 0 Å². The quantitative estimate of drug-likeness (QED) is 0.788. The molecule has 0 saturated carbocycles. The Kier molecular flexibility index (Phi) is 3.33. The number of hydrogen-bond donors (Lipinski definition) is 0. The Morgan fingerprint density at radius 3 is 2.71 bits per heavy atom. The van der Waals surface area contributed by atoms with Gasteiger partial charge in [0, 0.05) is 25.8 Å². The van der Waals surface area contributed by atoms with Crippen molar-refractivity contribution >= 4 is 17.5 Å². The lowest BCUT2D eigenvalue weighted by molar-refractivity contribution is -0.136. The van der Waals surface area contributed by atoms with E-state index < -0.39 is 5.41 Å². The van der Waals surface area contributed by atoms with Crippen molar-refractivity contribution in [2.75, 3.05) is 25.0 Å². The van der Waals surface area contributed by atoms with Crippen LogP contribution in [0, 0.1) is 0 Å². The number of para-hydroxylation sites is 1. The van der Waals surface area contributed by atoms with Crippen molar-refractivity contribution in [2.24, 2.45) is 0 Å². The minimum Gasteiger partial charge on any atom is -0.341 e. The van der Waals surface area contributed by atoms with Crippen LogP contribution in [0.15, 0.2) is 30.6 Å². The number of amides is 2. The summed E-state index contributed by atoms with van der Waals surface area (Å²) >= 11 is 0. The lowest BCUT2D eigenvalue weighted by Crippen LogP contribution is -2.50. The van der Waals surface area contributed by atoms with Crippen LogP contribution in [0.25, 0.3) is 0 Å². The third kappa shape index (κ3) is 2.10. The maximum atomic E-state index is 12.9. The molecule has 124 valence electrons. The van der Waals surface area contributed by atoms with Gasteiger partial charge in [-0.15, -0.1) is 10.2 Å². The Balaban J connectivity index is 1.52. The van der Waals surface area contributed by atoms with Gasteiger partial charge in [0.05, 0.1) is 5.41 Å². The summed E-state index contributed by atoms with van der Waals surface area (Å²) in [6.07, 6.45) is 2.59. The molecule has 3 heterocycles. The summed E-state index contributed by atoms with van der Waals surface area (Å²) < 4.78 is 0. The van der Waals surface area contributed by atoms with Gasteiger partial charge in [-0.1, -0.05) is 18.2 Å². The summed E-state index contributed by atoms with van der Waals surface area (Å²) in [7, 11) is 1.82. The molecule has 2 aliphatic heterocycles. The molecule has 8 heteroatoms. The first kappa shape index (κ1) is 14.8. The number of likely N-dealkylation sites (tertiary alicyclic amines) is 1. The Bertz CT molecular complexity index is 780. The number of nitrogens with zero attached hydrogens (tertiary/aromatic N) is 6. The molecule has 8 nitrogen and oxygen atoms in total. The minimum atomic E-state index is -0.492. The largest absolute Gasteiger partial charge is 0.341 e. The number of anilines is 1. The van der Waals surface area contributed by atoms with E-state index in [0.29, 0.717) is 25.9 Å². The summed E-state index contributed by atoms with van der Waals surface area (Å²) in [5, 5.41) is 11.2. The SMILES string of the molecule is CN1C(=O)C2(CCN(C(=O)Cn3ncnn3)CC2)c2ccccc21. The number of carbonyl (C=O) groups is 2. The molecule has 1 aromatic carbocycles. The molecule has 0 aliphatic carbocycles. The number of aromatic nitrogens is 4. The highest BCUT2D eigenvalue weighted by atomic mass is 16.2. The van der Waals surface area contributed by atoms with Crippen molar-refractivity contribution in [1.29, 1.82) is 0 Å². The molecule has 0 unspecified atom stereocenters. The topological polar surface area (TPSA) is 84.2 Å². The molecule has 4 rings (SSSR count). The normalized spacial score (nSPS) is 19.0. The van der Waals surface area contributed by atoms with Crippen LogP contribution in [0.1, 0.15) is 18.4 Å². The van der Waals surface area contributed by atoms with Crippen molar-refractivity contribution in [3.8, 4) is 0 Å². The average Bonchev–Trinajstić information content (AvgIpc) is 3.19. The van der Waals surface area contributed by atoms with Gasteiger partial charge in [-0.3, -0.25) is 9.59 Å². The highest BCUT2D eigenvalue weighted by molar-refractivity contribution is 6.07. The van der Waals surface area contributed by atoms with Crippen LogP contribution in [0.4, 0.5) is 5.69 Å². The fourth-order valence-corrected chi connectivity index (χ4v) is 3.82. The van der Waals surface area contributed by atoms with Gasteiger partial charge in [-0.05, 0) is 29.7 Å². The first-order chi connectivity index (χ1) is 11.6. The van der Waals surface area contributed by atoms with Crippen LogP contribution in [-0.4, -0.2) is 57.1 Å². The fourth-order valence-electron chi connectivity index (χ4n) is 3.82. The molecule has 0 radical (unpaired) electrons. The van der Waals surface area contributed by atoms with Crippen molar-refractivity contribution in [1.82, 2.24) is 25.1 Å². The van der Waals surface area contributed by atoms with Crippen LogP contribution >= 0.6 is 0 Å². The van der Waals surface area contributed by atoms with Gasteiger partial charge in [0.1, 0.15) is 6.54 Å². The van der Waals surface area contributed by atoms with Crippen LogP contribution in [0.5, 0.6) is 0 Å². The van der Waals surface area contributed by atoms with Crippen molar-refractivity contribution in [3.05, 3.63) is 36.2 Å². The Labute approximate surface area is 139 Å². The van der Waals surface area contributed by atoms with Crippen LogP contribution < -0.4 is 4.90 Å². The van der Waals surface area contributed by atoms with E-state index in [2.05, 4.69) is 15.4 Å². The van der Waals surface area contributed by atoms with Gasteiger partial charge in [0.25, 0.3) is 0 Å². The highest BCUT2D eigenvalue weighted by Gasteiger charge is 2.51. The van der Waals surface area contributed by atoms with Gasteiger partial charge in [-0.25, -0.2) is 0 Å². The zero-order valence-electron chi connectivity index (χ0n) is 13.4. The van der Waals surface area contributed by atoms with E-state index in [9.17, 15) is 9.59 Å². The highest BCUT2D eigenvalue weighted by Crippen LogP contribution is 2.47. The zero-order chi connectivity index (χ0) is 16.7. The molecule has 24 heavy (non-hydrogen) atoms. The standard InChI is InChI=1S/C16H18N6O2/c1-20-13-5-3-2-4-12(13)16(15(20)24)6-8-21(9-7-16)14(23)10-22-18-11-17-19-22/h2-5,11H,6-10H2,1H3. The van der Waals surface area contributed by atoms with Crippen LogP contribution in [0.2, 0.25) is 0 Å². The van der Waals surface area contributed by atoms with Crippen LogP contribution in [-0.2, 0) is 21.5 Å². The number of tetrazole rings is 1. The molecule has 1 aromatic heterocycles. The number of benzene rings is 1.